The van der Waals surface area contributed by atoms with Crippen molar-refractivity contribution in [1.29, 1.82) is 0 Å². The molecule has 1 atom stereocenters. The van der Waals surface area contributed by atoms with Gasteiger partial charge < -0.3 is 0 Å². The summed E-state index contributed by atoms with van der Waals surface area (Å²) in [5.41, 5.74) is 0.596. The third kappa shape index (κ3) is 2.59. The van der Waals surface area contributed by atoms with Crippen molar-refractivity contribution < 1.29 is 9.72 Å². The molecule has 86 valence electrons. The van der Waals surface area contributed by atoms with Gasteiger partial charge in [0, 0.05) is 17.0 Å². The smallest absolute Gasteiger partial charge is 0.274 e. The van der Waals surface area contributed by atoms with Gasteiger partial charge in [0.05, 0.1) is 15.9 Å². The summed E-state index contributed by atoms with van der Waals surface area (Å²) in [4.78, 5) is 22.0. The number of hydrogen-bond donors (Lipinski definition) is 0. The Morgan fingerprint density at radius 3 is 2.69 bits per heavy atom. The molecule has 1 aromatic carbocycles. The Kier molecular flexibility index (Phi) is 4.44. The number of benzene rings is 1. The number of carbonyl (C=O) groups excluding carboxylic acids is 1. The molecule has 4 nitrogen and oxygen atoms in total. The van der Waals surface area contributed by atoms with Gasteiger partial charge >= 0.3 is 0 Å². The maximum atomic E-state index is 11.7. The second-order valence-corrected chi connectivity index (χ2v) is 4.39. The van der Waals surface area contributed by atoms with Crippen LogP contribution in [0.25, 0.3) is 0 Å². The molecular formula is C10H9BrClNO3. The number of Topliss-reactive ketones (excluding diaryl/α,β-unsaturated/α-hetero) is 1. The first-order valence-electron chi connectivity index (χ1n) is 4.49. The highest BCUT2D eigenvalue weighted by atomic mass is 79.9. The SMILES string of the molecule is CC(Cl)C(=O)c1cccc([N+](=O)[O-])c1CBr. The fourth-order valence-corrected chi connectivity index (χ4v) is 2.04. The summed E-state index contributed by atoms with van der Waals surface area (Å²) in [6.45, 7) is 1.54. The first-order valence-corrected chi connectivity index (χ1v) is 6.05. The summed E-state index contributed by atoms with van der Waals surface area (Å²) in [6, 6.07) is 4.40. The lowest BCUT2D eigenvalue weighted by Gasteiger charge is -2.07. The van der Waals surface area contributed by atoms with Crippen molar-refractivity contribution in [3.8, 4) is 0 Å². The molecule has 16 heavy (non-hydrogen) atoms. The van der Waals surface area contributed by atoms with Crippen molar-refractivity contribution in [3.05, 3.63) is 39.4 Å². The lowest BCUT2D eigenvalue weighted by molar-refractivity contribution is -0.385. The Labute approximate surface area is 106 Å². The summed E-state index contributed by atoms with van der Waals surface area (Å²) in [7, 11) is 0. The van der Waals surface area contributed by atoms with E-state index in [1.165, 1.54) is 12.1 Å². The summed E-state index contributed by atoms with van der Waals surface area (Å²) in [5, 5.41) is 10.3. The van der Waals surface area contributed by atoms with E-state index in [0.29, 0.717) is 11.1 Å². The van der Waals surface area contributed by atoms with Crippen LogP contribution < -0.4 is 0 Å². The molecule has 0 N–H and O–H groups in total. The summed E-state index contributed by atoms with van der Waals surface area (Å²) in [6.07, 6.45) is 0. The molecule has 0 bridgehead atoms. The molecule has 0 saturated heterocycles. The fraction of sp³-hybridized carbons (Fsp3) is 0.300. The average Bonchev–Trinajstić information content (AvgIpc) is 2.26. The van der Waals surface area contributed by atoms with Crippen molar-refractivity contribution in [2.75, 3.05) is 0 Å². The number of nitro groups is 1. The van der Waals surface area contributed by atoms with E-state index in [9.17, 15) is 14.9 Å². The number of alkyl halides is 2. The van der Waals surface area contributed by atoms with Gasteiger partial charge in [0.15, 0.2) is 5.78 Å². The van der Waals surface area contributed by atoms with Crippen LogP contribution in [0.4, 0.5) is 5.69 Å². The molecule has 0 heterocycles. The topological polar surface area (TPSA) is 60.2 Å². The minimum Gasteiger partial charge on any atom is -0.293 e. The van der Waals surface area contributed by atoms with E-state index in [1.807, 2.05) is 0 Å². The molecule has 1 aromatic rings. The zero-order chi connectivity index (χ0) is 12.3. The quantitative estimate of drug-likeness (QED) is 0.371. The van der Waals surface area contributed by atoms with Crippen molar-refractivity contribution in [2.24, 2.45) is 0 Å². The standard InChI is InChI=1S/C10H9BrClNO3/c1-6(12)10(14)7-3-2-4-9(13(15)16)8(7)5-11/h2-4,6H,5H2,1H3. The van der Waals surface area contributed by atoms with E-state index in [-0.39, 0.29) is 16.8 Å². The highest BCUT2D eigenvalue weighted by molar-refractivity contribution is 9.08. The molecule has 0 aliphatic heterocycles. The van der Waals surface area contributed by atoms with E-state index in [0.717, 1.165) is 0 Å². The van der Waals surface area contributed by atoms with Gasteiger partial charge in [-0.05, 0) is 6.92 Å². The van der Waals surface area contributed by atoms with Crippen LogP contribution >= 0.6 is 27.5 Å². The zero-order valence-corrected chi connectivity index (χ0v) is 10.8. The normalized spacial score (nSPS) is 12.2. The lowest BCUT2D eigenvalue weighted by atomic mass is 10.0. The van der Waals surface area contributed by atoms with Crippen LogP contribution in [-0.4, -0.2) is 16.1 Å². The summed E-state index contributed by atoms with van der Waals surface area (Å²) < 4.78 is 0. The molecule has 0 aromatic heterocycles. The van der Waals surface area contributed by atoms with Crippen LogP contribution in [0.1, 0.15) is 22.8 Å². The third-order valence-electron chi connectivity index (χ3n) is 2.11. The number of carbonyl (C=O) groups is 1. The predicted molar refractivity (Wildman–Crippen MR) is 65.4 cm³/mol. The van der Waals surface area contributed by atoms with Gasteiger partial charge in [-0.1, -0.05) is 28.1 Å². The minimum atomic E-state index is -0.695. The van der Waals surface area contributed by atoms with E-state index >= 15 is 0 Å². The summed E-state index contributed by atoms with van der Waals surface area (Å²) >= 11 is 8.83. The van der Waals surface area contributed by atoms with Gasteiger partial charge in [-0.25, -0.2) is 0 Å². The van der Waals surface area contributed by atoms with E-state index in [2.05, 4.69) is 15.9 Å². The third-order valence-corrected chi connectivity index (χ3v) is 2.87. The van der Waals surface area contributed by atoms with Gasteiger partial charge in [-0.3, -0.25) is 14.9 Å². The second-order valence-electron chi connectivity index (χ2n) is 3.17. The highest BCUT2D eigenvalue weighted by Crippen LogP contribution is 2.26. The lowest BCUT2D eigenvalue weighted by Crippen LogP contribution is -2.13. The van der Waals surface area contributed by atoms with E-state index < -0.39 is 10.3 Å². The number of hydrogen-bond acceptors (Lipinski definition) is 3. The Morgan fingerprint density at radius 2 is 2.25 bits per heavy atom. The Hall–Kier alpha value is -0.940. The largest absolute Gasteiger partial charge is 0.293 e. The van der Waals surface area contributed by atoms with Crippen LogP contribution in [-0.2, 0) is 5.33 Å². The second kappa shape index (κ2) is 5.41. The van der Waals surface area contributed by atoms with Gasteiger partial charge in [-0.2, -0.15) is 0 Å². The molecule has 6 heteroatoms. The number of halogens is 2. The first kappa shape index (κ1) is 13.1. The monoisotopic (exact) mass is 305 g/mol. The molecule has 0 fully saturated rings. The van der Waals surface area contributed by atoms with Crippen molar-refractivity contribution >= 4 is 39.0 Å². The molecule has 0 aliphatic carbocycles. The van der Waals surface area contributed by atoms with Gasteiger partial charge in [0.25, 0.3) is 5.69 Å². The average molecular weight is 307 g/mol. The van der Waals surface area contributed by atoms with Crippen LogP contribution in [0.15, 0.2) is 18.2 Å². The Bertz CT molecular complexity index is 434. The van der Waals surface area contributed by atoms with Crippen LogP contribution in [0, 0.1) is 10.1 Å². The fourth-order valence-electron chi connectivity index (χ4n) is 1.33. The maximum absolute atomic E-state index is 11.7. The Balaban J connectivity index is 3.35. The number of ketones is 1. The molecule has 0 saturated carbocycles. The van der Waals surface area contributed by atoms with Gasteiger partial charge in [0.2, 0.25) is 0 Å². The number of nitrogens with zero attached hydrogens (tertiary/aromatic N) is 1. The van der Waals surface area contributed by atoms with Gasteiger partial charge in [0.1, 0.15) is 0 Å². The molecular weight excluding hydrogens is 297 g/mol. The maximum Gasteiger partial charge on any atom is 0.274 e. The first-order chi connectivity index (χ1) is 7.49. The molecule has 0 aliphatic rings. The highest BCUT2D eigenvalue weighted by Gasteiger charge is 2.22. The van der Waals surface area contributed by atoms with Crippen LogP contribution in [0.3, 0.4) is 0 Å². The number of nitro benzene ring substituents is 1. The molecule has 1 rings (SSSR count). The Morgan fingerprint density at radius 1 is 1.62 bits per heavy atom. The predicted octanol–water partition coefficient (Wildman–Crippen LogP) is 3.30. The summed E-state index contributed by atoms with van der Waals surface area (Å²) in [5.74, 6) is -0.306. The molecule has 0 amide bonds. The number of rotatable bonds is 4. The van der Waals surface area contributed by atoms with Crippen molar-refractivity contribution in [1.82, 2.24) is 0 Å². The van der Waals surface area contributed by atoms with Gasteiger partial charge in [-0.15, -0.1) is 11.6 Å². The van der Waals surface area contributed by atoms with Crippen LogP contribution in [0.2, 0.25) is 0 Å². The minimum absolute atomic E-state index is 0.0694. The molecule has 0 spiro atoms. The van der Waals surface area contributed by atoms with E-state index in [4.69, 9.17) is 11.6 Å². The van der Waals surface area contributed by atoms with E-state index in [1.54, 1.807) is 13.0 Å². The van der Waals surface area contributed by atoms with Crippen molar-refractivity contribution in [2.45, 2.75) is 17.6 Å². The molecule has 0 radical (unpaired) electrons. The van der Waals surface area contributed by atoms with Crippen molar-refractivity contribution in [3.63, 3.8) is 0 Å². The van der Waals surface area contributed by atoms with Crippen LogP contribution in [0.5, 0.6) is 0 Å². The molecule has 1 unspecified atom stereocenters. The zero-order valence-electron chi connectivity index (χ0n) is 8.44.